The van der Waals surface area contributed by atoms with Crippen LogP contribution in [-0.4, -0.2) is 41.5 Å². The lowest BCUT2D eigenvalue weighted by molar-refractivity contribution is 0.1000. The molecule has 0 saturated carbocycles. The Labute approximate surface area is 117 Å². The summed E-state index contributed by atoms with van der Waals surface area (Å²) in [6.07, 6.45) is 5.79. The molecule has 0 unspecified atom stereocenters. The third-order valence-electron chi connectivity index (χ3n) is 3.84. The average Bonchev–Trinajstić information content (AvgIpc) is 2.47. The second kappa shape index (κ2) is 5.79. The number of nitrogens with zero attached hydrogens (tertiary/aromatic N) is 2. The summed E-state index contributed by atoms with van der Waals surface area (Å²) in [7, 11) is 0. The monoisotopic (exact) mass is 280 g/mol. The standard InChI is InChI=1S/C13H20N4OS/c1-19-13(9-14)4-6-17(7-5-13)11-3-2-10(8-16-11)12(15)18/h2-3,8H,4-7,9,14H2,1H3,(H2,15,18). The highest BCUT2D eigenvalue weighted by atomic mass is 32.2. The van der Waals surface area contributed by atoms with Gasteiger partial charge < -0.3 is 16.4 Å². The number of piperidine rings is 1. The highest BCUT2D eigenvalue weighted by molar-refractivity contribution is 8.00. The molecule has 5 nitrogen and oxygen atoms in total. The van der Waals surface area contributed by atoms with E-state index >= 15 is 0 Å². The lowest BCUT2D eigenvalue weighted by atomic mass is 9.96. The minimum absolute atomic E-state index is 0.212. The molecule has 0 aliphatic carbocycles. The molecule has 0 aromatic carbocycles. The molecule has 1 aromatic heterocycles. The minimum Gasteiger partial charge on any atom is -0.366 e. The molecule has 0 bridgehead atoms. The predicted molar refractivity (Wildman–Crippen MR) is 79.5 cm³/mol. The summed E-state index contributed by atoms with van der Waals surface area (Å²) in [6.45, 7) is 2.61. The van der Waals surface area contributed by atoms with E-state index in [1.165, 1.54) is 6.20 Å². The molecule has 0 spiro atoms. The van der Waals surface area contributed by atoms with Gasteiger partial charge in [0.25, 0.3) is 0 Å². The van der Waals surface area contributed by atoms with Crippen LogP contribution in [0.2, 0.25) is 0 Å². The van der Waals surface area contributed by atoms with Crippen LogP contribution in [0, 0.1) is 0 Å². The molecule has 2 rings (SSSR count). The van der Waals surface area contributed by atoms with Crippen LogP contribution in [0.3, 0.4) is 0 Å². The van der Waals surface area contributed by atoms with Crippen LogP contribution in [0.4, 0.5) is 5.82 Å². The van der Waals surface area contributed by atoms with Gasteiger partial charge in [-0.25, -0.2) is 4.98 Å². The molecule has 0 radical (unpaired) electrons. The SMILES string of the molecule is CSC1(CN)CCN(c2ccc(C(N)=O)cn2)CC1. The van der Waals surface area contributed by atoms with Crippen LogP contribution in [0.1, 0.15) is 23.2 Å². The number of aromatic nitrogens is 1. The van der Waals surface area contributed by atoms with Crippen LogP contribution in [0.5, 0.6) is 0 Å². The zero-order valence-electron chi connectivity index (χ0n) is 11.1. The van der Waals surface area contributed by atoms with Crippen molar-refractivity contribution in [1.82, 2.24) is 4.98 Å². The van der Waals surface area contributed by atoms with Crippen LogP contribution in [0.15, 0.2) is 18.3 Å². The lowest BCUT2D eigenvalue weighted by Crippen LogP contribution is -2.46. The Morgan fingerprint density at radius 2 is 2.16 bits per heavy atom. The van der Waals surface area contributed by atoms with E-state index in [9.17, 15) is 4.79 Å². The molecular formula is C13H20N4OS. The first-order valence-corrected chi connectivity index (χ1v) is 7.59. The van der Waals surface area contributed by atoms with Gasteiger partial charge in [0.1, 0.15) is 5.82 Å². The van der Waals surface area contributed by atoms with Crippen LogP contribution in [0.25, 0.3) is 0 Å². The largest absolute Gasteiger partial charge is 0.366 e. The zero-order chi connectivity index (χ0) is 13.9. The van der Waals surface area contributed by atoms with E-state index in [1.54, 1.807) is 6.07 Å². The third-order valence-corrected chi connectivity index (χ3v) is 5.28. The van der Waals surface area contributed by atoms with Crippen LogP contribution < -0.4 is 16.4 Å². The number of anilines is 1. The first kappa shape index (κ1) is 14.1. The number of hydrogen-bond donors (Lipinski definition) is 2. The Kier molecular flexibility index (Phi) is 4.31. The van der Waals surface area contributed by atoms with E-state index in [2.05, 4.69) is 16.1 Å². The van der Waals surface area contributed by atoms with E-state index in [4.69, 9.17) is 11.5 Å². The molecule has 0 atom stereocenters. The molecule has 4 N–H and O–H groups in total. The third kappa shape index (κ3) is 3.01. The summed E-state index contributed by atoms with van der Waals surface area (Å²) < 4.78 is 0.212. The second-order valence-electron chi connectivity index (χ2n) is 4.85. The van der Waals surface area contributed by atoms with Crippen molar-refractivity contribution < 1.29 is 4.79 Å². The smallest absolute Gasteiger partial charge is 0.250 e. The summed E-state index contributed by atoms with van der Waals surface area (Å²) in [5, 5.41) is 0. The maximum absolute atomic E-state index is 11.0. The maximum Gasteiger partial charge on any atom is 0.250 e. The van der Waals surface area contributed by atoms with E-state index in [0.717, 1.165) is 38.3 Å². The zero-order valence-corrected chi connectivity index (χ0v) is 11.9. The summed E-state index contributed by atoms with van der Waals surface area (Å²) in [5.41, 5.74) is 11.5. The molecule has 19 heavy (non-hydrogen) atoms. The molecule has 1 aromatic rings. The fourth-order valence-electron chi connectivity index (χ4n) is 2.35. The lowest BCUT2D eigenvalue weighted by Gasteiger charge is -2.40. The topological polar surface area (TPSA) is 85.2 Å². The van der Waals surface area contributed by atoms with Gasteiger partial charge >= 0.3 is 0 Å². The van der Waals surface area contributed by atoms with E-state index in [-0.39, 0.29) is 4.75 Å². The first-order chi connectivity index (χ1) is 9.10. The van der Waals surface area contributed by atoms with Crippen molar-refractivity contribution in [2.45, 2.75) is 17.6 Å². The second-order valence-corrected chi connectivity index (χ2v) is 6.12. The average molecular weight is 280 g/mol. The maximum atomic E-state index is 11.0. The number of pyridine rings is 1. The number of rotatable bonds is 4. The predicted octanol–water partition coefficient (Wildman–Crippen LogP) is 0.841. The Hall–Kier alpha value is -1.27. The highest BCUT2D eigenvalue weighted by Crippen LogP contribution is 2.34. The molecule has 1 aliphatic rings. The fraction of sp³-hybridized carbons (Fsp3) is 0.538. The van der Waals surface area contributed by atoms with Gasteiger partial charge in [-0.3, -0.25) is 4.79 Å². The van der Waals surface area contributed by atoms with Gasteiger partial charge in [-0.05, 0) is 31.2 Å². The number of carbonyl (C=O) groups is 1. The molecule has 2 heterocycles. The van der Waals surface area contributed by atoms with E-state index in [0.29, 0.717) is 5.56 Å². The van der Waals surface area contributed by atoms with Crippen molar-refractivity contribution in [3.8, 4) is 0 Å². The van der Waals surface area contributed by atoms with E-state index in [1.807, 2.05) is 17.8 Å². The minimum atomic E-state index is -0.442. The Morgan fingerprint density at radius 1 is 1.47 bits per heavy atom. The van der Waals surface area contributed by atoms with Crippen molar-refractivity contribution in [3.05, 3.63) is 23.9 Å². The molecule has 6 heteroatoms. The van der Waals surface area contributed by atoms with Crippen LogP contribution >= 0.6 is 11.8 Å². The van der Waals surface area contributed by atoms with Gasteiger partial charge in [-0.1, -0.05) is 0 Å². The van der Waals surface area contributed by atoms with Crippen molar-refractivity contribution in [3.63, 3.8) is 0 Å². The number of hydrogen-bond acceptors (Lipinski definition) is 5. The Morgan fingerprint density at radius 3 is 2.58 bits per heavy atom. The molecular weight excluding hydrogens is 260 g/mol. The molecule has 1 saturated heterocycles. The van der Waals surface area contributed by atoms with Crippen LogP contribution in [-0.2, 0) is 0 Å². The van der Waals surface area contributed by atoms with Crippen molar-refractivity contribution in [1.29, 1.82) is 0 Å². The van der Waals surface area contributed by atoms with Gasteiger partial charge in [-0.2, -0.15) is 11.8 Å². The van der Waals surface area contributed by atoms with Gasteiger partial charge in [0.05, 0.1) is 5.56 Å². The van der Waals surface area contributed by atoms with Gasteiger partial charge in [0, 0.05) is 30.6 Å². The summed E-state index contributed by atoms with van der Waals surface area (Å²) >= 11 is 1.86. The number of thioether (sulfide) groups is 1. The summed E-state index contributed by atoms with van der Waals surface area (Å²) in [6, 6.07) is 3.58. The first-order valence-electron chi connectivity index (χ1n) is 6.36. The quantitative estimate of drug-likeness (QED) is 0.853. The van der Waals surface area contributed by atoms with Gasteiger partial charge in [-0.15, -0.1) is 0 Å². The molecule has 1 amide bonds. The van der Waals surface area contributed by atoms with Crippen molar-refractivity contribution in [2.75, 3.05) is 30.8 Å². The number of nitrogens with two attached hydrogens (primary N) is 2. The summed E-state index contributed by atoms with van der Waals surface area (Å²) in [5.74, 6) is 0.457. The molecule has 1 aliphatic heterocycles. The Balaban J connectivity index is 2.03. The normalized spacial score (nSPS) is 18.3. The number of carbonyl (C=O) groups excluding carboxylic acids is 1. The highest BCUT2D eigenvalue weighted by Gasteiger charge is 2.32. The van der Waals surface area contributed by atoms with Gasteiger partial charge in [0.15, 0.2) is 0 Å². The van der Waals surface area contributed by atoms with Gasteiger partial charge in [0.2, 0.25) is 5.91 Å². The number of amides is 1. The fourth-order valence-corrected chi connectivity index (χ4v) is 3.11. The Bertz CT molecular complexity index is 434. The molecule has 1 fully saturated rings. The molecule has 104 valence electrons. The van der Waals surface area contributed by atoms with Crippen molar-refractivity contribution >= 4 is 23.5 Å². The number of primary amides is 1. The summed E-state index contributed by atoms with van der Waals surface area (Å²) in [4.78, 5) is 17.5. The van der Waals surface area contributed by atoms with Crippen molar-refractivity contribution in [2.24, 2.45) is 11.5 Å². The van der Waals surface area contributed by atoms with E-state index < -0.39 is 5.91 Å².